The standard InChI is InChI=1S/C22H23FN6O5S/c1-27(9-13-4-2-3-5-34-13)20(31)12-7-28(8-12)19-16(23)6-14-17(30)15(21(32)33)10-29(18(14)26-19)22-24-11-25-35-22/h6,10-13H,2-5,7-9H2,1H3,(H,32,33). The van der Waals surface area contributed by atoms with Gasteiger partial charge in [-0.2, -0.15) is 4.37 Å². The van der Waals surface area contributed by atoms with Crippen LogP contribution in [-0.2, 0) is 9.53 Å². The van der Waals surface area contributed by atoms with Crippen molar-refractivity contribution in [2.24, 2.45) is 5.92 Å². The van der Waals surface area contributed by atoms with Gasteiger partial charge in [-0.25, -0.2) is 19.2 Å². The number of hydrogen-bond acceptors (Lipinski definition) is 9. The lowest BCUT2D eigenvalue weighted by atomic mass is 9.98. The zero-order valence-electron chi connectivity index (χ0n) is 18.9. The highest BCUT2D eigenvalue weighted by Gasteiger charge is 2.37. The van der Waals surface area contributed by atoms with Crippen molar-refractivity contribution >= 4 is 40.3 Å². The molecule has 2 saturated heterocycles. The zero-order chi connectivity index (χ0) is 24.7. The SMILES string of the molecule is CN(CC1CCCCO1)C(=O)C1CN(c2nc3c(cc2F)c(=O)c(C(=O)O)cn3-c2ncns2)C1. The molecule has 13 heteroatoms. The van der Waals surface area contributed by atoms with E-state index in [0.717, 1.165) is 43.1 Å². The third kappa shape index (κ3) is 4.36. The van der Waals surface area contributed by atoms with Crippen LogP contribution in [0.15, 0.2) is 23.4 Å². The number of halogens is 1. The Bertz CT molecular complexity index is 1330. The molecule has 0 bridgehead atoms. The molecule has 1 unspecified atom stereocenters. The Morgan fingerprint density at radius 2 is 2.14 bits per heavy atom. The molecule has 5 heterocycles. The van der Waals surface area contributed by atoms with Gasteiger partial charge < -0.3 is 19.6 Å². The minimum absolute atomic E-state index is 0.0134. The largest absolute Gasteiger partial charge is 0.477 e. The molecule has 184 valence electrons. The number of hydrogen-bond donors (Lipinski definition) is 1. The van der Waals surface area contributed by atoms with Crippen LogP contribution < -0.4 is 10.3 Å². The Morgan fingerprint density at radius 1 is 1.34 bits per heavy atom. The molecule has 3 aromatic rings. The van der Waals surface area contributed by atoms with Crippen LogP contribution in [0.4, 0.5) is 10.2 Å². The van der Waals surface area contributed by atoms with Gasteiger partial charge in [0.25, 0.3) is 0 Å². The second-order valence-corrected chi connectivity index (χ2v) is 9.50. The highest BCUT2D eigenvalue weighted by molar-refractivity contribution is 7.08. The third-order valence-corrected chi connectivity index (χ3v) is 7.02. The zero-order valence-corrected chi connectivity index (χ0v) is 19.7. The van der Waals surface area contributed by atoms with Gasteiger partial charge in [0, 0.05) is 51.0 Å². The van der Waals surface area contributed by atoms with Gasteiger partial charge in [0.2, 0.25) is 16.5 Å². The molecular formula is C22H23FN6O5S. The number of carboxylic acids is 1. The van der Waals surface area contributed by atoms with Gasteiger partial charge in [-0.15, -0.1) is 0 Å². The van der Waals surface area contributed by atoms with Crippen molar-refractivity contribution in [1.29, 1.82) is 0 Å². The summed E-state index contributed by atoms with van der Waals surface area (Å²) >= 11 is 0.976. The molecule has 2 aliphatic rings. The monoisotopic (exact) mass is 502 g/mol. The summed E-state index contributed by atoms with van der Waals surface area (Å²) in [5, 5.41) is 9.53. The van der Waals surface area contributed by atoms with Crippen LogP contribution >= 0.6 is 11.5 Å². The van der Waals surface area contributed by atoms with Crippen LogP contribution in [0.2, 0.25) is 0 Å². The number of aromatic carboxylic acids is 1. The summed E-state index contributed by atoms with van der Waals surface area (Å²) in [7, 11) is 1.75. The number of pyridine rings is 2. The fourth-order valence-corrected chi connectivity index (χ4v) is 4.98. The van der Waals surface area contributed by atoms with Crippen LogP contribution in [-0.4, -0.2) is 80.2 Å². The van der Waals surface area contributed by atoms with Crippen molar-refractivity contribution in [3.05, 3.63) is 40.2 Å². The molecule has 1 atom stereocenters. The normalized spacial score (nSPS) is 18.5. The first-order valence-corrected chi connectivity index (χ1v) is 12.0. The van der Waals surface area contributed by atoms with E-state index in [1.165, 1.54) is 10.9 Å². The minimum atomic E-state index is -1.44. The maximum absolute atomic E-state index is 15.0. The fraction of sp³-hybridized carbons (Fsp3) is 0.455. The number of amides is 1. The van der Waals surface area contributed by atoms with Crippen molar-refractivity contribution < 1.29 is 23.8 Å². The summed E-state index contributed by atoms with van der Waals surface area (Å²) in [4.78, 5) is 48.8. The molecule has 3 aromatic heterocycles. The van der Waals surface area contributed by atoms with Crippen molar-refractivity contribution in [3.63, 3.8) is 0 Å². The van der Waals surface area contributed by atoms with Crippen molar-refractivity contribution in [1.82, 2.24) is 23.8 Å². The van der Waals surface area contributed by atoms with Gasteiger partial charge in [0.05, 0.1) is 17.4 Å². The van der Waals surface area contributed by atoms with Crippen molar-refractivity contribution in [3.8, 4) is 5.13 Å². The maximum Gasteiger partial charge on any atom is 0.341 e. The number of anilines is 1. The van der Waals surface area contributed by atoms with Crippen LogP contribution in [0.1, 0.15) is 29.6 Å². The first kappa shape index (κ1) is 23.3. The quantitative estimate of drug-likeness (QED) is 0.533. The minimum Gasteiger partial charge on any atom is -0.477 e. The van der Waals surface area contributed by atoms with E-state index in [2.05, 4.69) is 14.3 Å². The third-order valence-electron chi connectivity index (χ3n) is 6.36. The van der Waals surface area contributed by atoms with E-state index in [1.807, 2.05) is 0 Å². The lowest BCUT2D eigenvalue weighted by molar-refractivity contribution is -0.137. The molecule has 0 aliphatic carbocycles. The fourth-order valence-electron chi connectivity index (χ4n) is 4.47. The number of fused-ring (bicyclic) bond motifs is 1. The summed E-state index contributed by atoms with van der Waals surface area (Å²) in [6, 6.07) is 0.992. The lowest BCUT2D eigenvalue weighted by Crippen LogP contribution is -2.55. The summed E-state index contributed by atoms with van der Waals surface area (Å²) < 4.78 is 26.0. The number of carbonyl (C=O) groups is 2. The smallest absolute Gasteiger partial charge is 0.341 e. The Hall–Kier alpha value is -3.45. The molecule has 0 saturated carbocycles. The van der Waals surface area contributed by atoms with E-state index in [0.29, 0.717) is 13.2 Å². The van der Waals surface area contributed by atoms with Crippen LogP contribution in [0, 0.1) is 11.7 Å². The maximum atomic E-state index is 15.0. The number of likely N-dealkylation sites (N-methyl/N-ethyl adjacent to an activating group) is 1. The molecule has 2 aliphatic heterocycles. The van der Waals surface area contributed by atoms with Gasteiger partial charge >= 0.3 is 5.97 Å². The number of aromatic nitrogens is 4. The highest BCUT2D eigenvalue weighted by atomic mass is 32.1. The molecule has 35 heavy (non-hydrogen) atoms. The Morgan fingerprint density at radius 3 is 2.80 bits per heavy atom. The topological polar surface area (TPSA) is 131 Å². The molecule has 1 N–H and O–H groups in total. The summed E-state index contributed by atoms with van der Waals surface area (Å²) in [5.41, 5.74) is -1.30. The average Bonchev–Trinajstić information content (AvgIpc) is 3.34. The first-order valence-electron chi connectivity index (χ1n) is 11.2. The predicted octanol–water partition coefficient (Wildman–Crippen LogP) is 1.54. The first-order chi connectivity index (χ1) is 16.8. The van der Waals surface area contributed by atoms with E-state index in [1.54, 1.807) is 16.8 Å². The van der Waals surface area contributed by atoms with Gasteiger partial charge in [0.1, 0.15) is 11.9 Å². The highest BCUT2D eigenvalue weighted by Crippen LogP contribution is 2.29. The van der Waals surface area contributed by atoms with Crippen LogP contribution in [0.25, 0.3) is 16.2 Å². The molecular weight excluding hydrogens is 479 g/mol. The van der Waals surface area contributed by atoms with Gasteiger partial charge in [-0.05, 0) is 25.3 Å². The molecule has 5 rings (SSSR count). The number of rotatable bonds is 6. The molecule has 1 amide bonds. The van der Waals surface area contributed by atoms with E-state index >= 15 is 4.39 Å². The van der Waals surface area contributed by atoms with Gasteiger partial charge in [-0.3, -0.25) is 14.2 Å². The molecule has 0 spiro atoms. The van der Waals surface area contributed by atoms with Gasteiger partial charge in [0.15, 0.2) is 17.3 Å². The Labute approximate surface area is 202 Å². The van der Waals surface area contributed by atoms with Gasteiger partial charge in [-0.1, -0.05) is 0 Å². The summed E-state index contributed by atoms with van der Waals surface area (Å²) in [6.45, 7) is 1.80. The summed E-state index contributed by atoms with van der Waals surface area (Å²) in [6.07, 6.45) is 5.51. The Kier molecular flexibility index (Phi) is 6.19. The van der Waals surface area contributed by atoms with Crippen LogP contribution in [0.3, 0.4) is 0 Å². The summed E-state index contributed by atoms with van der Waals surface area (Å²) in [5.74, 6) is -2.56. The van der Waals surface area contributed by atoms with E-state index in [9.17, 15) is 19.5 Å². The van der Waals surface area contributed by atoms with E-state index < -0.39 is 22.8 Å². The van der Waals surface area contributed by atoms with Crippen LogP contribution in [0.5, 0.6) is 0 Å². The van der Waals surface area contributed by atoms with E-state index in [4.69, 9.17) is 4.74 Å². The average molecular weight is 503 g/mol. The van der Waals surface area contributed by atoms with E-state index in [-0.39, 0.29) is 53.0 Å². The number of ether oxygens (including phenoxy) is 1. The van der Waals surface area contributed by atoms with Crippen molar-refractivity contribution in [2.75, 3.05) is 38.2 Å². The van der Waals surface area contributed by atoms with Crippen molar-refractivity contribution in [2.45, 2.75) is 25.4 Å². The number of carbonyl (C=O) groups excluding carboxylic acids is 1. The molecule has 0 radical (unpaired) electrons. The predicted molar refractivity (Wildman–Crippen MR) is 125 cm³/mol. The Balaban J connectivity index is 1.40. The molecule has 2 fully saturated rings. The second-order valence-electron chi connectivity index (χ2n) is 8.75. The lowest BCUT2D eigenvalue weighted by Gasteiger charge is -2.41. The molecule has 11 nitrogen and oxygen atoms in total. The number of carboxylic acid groups (broad SMARTS) is 1. The molecule has 0 aromatic carbocycles. The second kappa shape index (κ2) is 9.30. The number of nitrogens with zero attached hydrogens (tertiary/aromatic N) is 6.